The van der Waals surface area contributed by atoms with Crippen LogP contribution in [0.2, 0.25) is 0 Å². The number of carbonyl (C=O) groups excluding carboxylic acids is 2. The van der Waals surface area contributed by atoms with Crippen molar-refractivity contribution in [1.82, 2.24) is 5.32 Å². The highest BCUT2D eigenvalue weighted by Crippen LogP contribution is 2.20. The predicted octanol–water partition coefficient (Wildman–Crippen LogP) is 1.57. The smallest absolute Gasteiger partial charge is 0.243 e. The third-order valence-electron chi connectivity index (χ3n) is 3.94. The SMILES string of the molecule is Cc1cc(NC(=O)CNC(=O)C(N)C2CCOCC2)ccc1Br. The number of carbonyl (C=O) groups is 2. The average Bonchev–Trinajstić information content (AvgIpc) is 2.56. The summed E-state index contributed by atoms with van der Waals surface area (Å²) < 4.78 is 6.24. The Labute approximate surface area is 144 Å². The van der Waals surface area contributed by atoms with Crippen LogP contribution in [0.25, 0.3) is 0 Å². The molecular formula is C16H22BrN3O3. The van der Waals surface area contributed by atoms with E-state index in [4.69, 9.17) is 10.5 Å². The van der Waals surface area contributed by atoms with Crippen molar-refractivity contribution < 1.29 is 14.3 Å². The van der Waals surface area contributed by atoms with Crippen molar-refractivity contribution in [3.8, 4) is 0 Å². The Morgan fingerprint density at radius 1 is 1.39 bits per heavy atom. The molecule has 0 aromatic heterocycles. The Hall–Kier alpha value is -1.44. The molecule has 126 valence electrons. The maximum atomic E-state index is 12.0. The Balaban J connectivity index is 1.78. The van der Waals surface area contributed by atoms with E-state index in [0.717, 1.165) is 22.9 Å². The standard InChI is InChI=1S/C16H22BrN3O3/c1-10-8-12(2-3-13(10)17)20-14(21)9-19-16(22)15(18)11-4-6-23-7-5-11/h2-3,8,11,15H,4-7,9,18H2,1H3,(H,19,22)(H,20,21). The van der Waals surface area contributed by atoms with Crippen LogP contribution in [0.5, 0.6) is 0 Å². The van der Waals surface area contributed by atoms with Crippen LogP contribution in [0.4, 0.5) is 5.69 Å². The molecule has 2 amide bonds. The summed E-state index contributed by atoms with van der Waals surface area (Å²) in [4.78, 5) is 23.9. The van der Waals surface area contributed by atoms with Gasteiger partial charge in [-0.3, -0.25) is 9.59 Å². The van der Waals surface area contributed by atoms with E-state index in [1.807, 2.05) is 19.1 Å². The van der Waals surface area contributed by atoms with E-state index in [9.17, 15) is 9.59 Å². The van der Waals surface area contributed by atoms with E-state index in [-0.39, 0.29) is 24.3 Å². The second-order valence-corrected chi connectivity index (χ2v) is 6.56. The molecule has 1 aromatic carbocycles. The van der Waals surface area contributed by atoms with Crippen molar-refractivity contribution in [2.45, 2.75) is 25.8 Å². The summed E-state index contributed by atoms with van der Waals surface area (Å²) in [6.07, 6.45) is 1.55. The van der Waals surface area contributed by atoms with Crippen molar-refractivity contribution in [2.75, 3.05) is 25.1 Å². The lowest BCUT2D eigenvalue weighted by molar-refractivity contribution is -0.126. The number of rotatable bonds is 5. The van der Waals surface area contributed by atoms with Crippen LogP contribution in [-0.4, -0.2) is 37.6 Å². The van der Waals surface area contributed by atoms with Crippen LogP contribution < -0.4 is 16.4 Å². The highest BCUT2D eigenvalue weighted by Gasteiger charge is 2.26. The summed E-state index contributed by atoms with van der Waals surface area (Å²) in [5, 5.41) is 5.35. The summed E-state index contributed by atoms with van der Waals surface area (Å²) in [5.41, 5.74) is 7.68. The van der Waals surface area contributed by atoms with E-state index in [1.165, 1.54) is 0 Å². The first kappa shape index (κ1) is 17.9. The van der Waals surface area contributed by atoms with Gasteiger partial charge in [-0.1, -0.05) is 15.9 Å². The van der Waals surface area contributed by atoms with Crippen LogP contribution in [0, 0.1) is 12.8 Å². The maximum Gasteiger partial charge on any atom is 0.243 e. The number of nitrogens with two attached hydrogens (primary N) is 1. The molecule has 7 heteroatoms. The molecule has 4 N–H and O–H groups in total. The van der Waals surface area contributed by atoms with Crippen LogP contribution in [0.3, 0.4) is 0 Å². The molecule has 0 aliphatic carbocycles. The maximum absolute atomic E-state index is 12.0. The first-order valence-electron chi connectivity index (χ1n) is 7.64. The number of aryl methyl sites for hydroxylation is 1. The molecule has 1 atom stereocenters. The van der Waals surface area contributed by atoms with Gasteiger partial charge in [-0.2, -0.15) is 0 Å². The second kappa shape index (κ2) is 8.42. The number of halogens is 1. The van der Waals surface area contributed by atoms with E-state index >= 15 is 0 Å². The van der Waals surface area contributed by atoms with E-state index in [2.05, 4.69) is 26.6 Å². The molecule has 1 unspecified atom stereocenters. The molecule has 0 saturated carbocycles. The summed E-state index contributed by atoms with van der Waals surface area (Å²) in [6, 6.07) is 4.92. The molecule has 1 aromatic rings. The molecule has 1 fully saturated rings. The molecule has 1 saturated heterocycles. The quantitative estimate of drug-likeness (QED) is 0.719. The number of hydrogen-bond acceptors (Lipinski definition) is 4. The van der Waals surface area contributed by atoms with Crippen LogP contribution in [0.1, 0.15) is 18.4 Å². The van der Waals surface area contributed by atoms with Gasteiger partial charge in [0, 0.05) is 23.4 Å². The summed E-state index contributed by atoms with van der Waals surface area (Å²) in [5.74, 6) is -0.459. The lowest BCUT2D eigenvalue weighted by Gasteiger charge is -2.26. The van der Waals surface area contributed by atoms with Crippen LogP contribution in [0.15, 0.2) is 22.7 Å². The highest BCUT2D eigenvalue weighted by atomic mass is 79.9. The number of anilines is 1. The molecule has 0 bridgehead atoms. The fourth-order valence-electron chi connectivity index (χ4n) is 2.50. The lowest BCUT2D eigenvalue weighted by atomic mass is 9.92. The van der Waals surface area contributed by atoms with E-state index < -0.39 is 6.04 Å². The largest absolute Gasteiger partial charge is 0.381 e. The second-order valence-electron chi connectivity index (χ2n) is 5.71. The molecule has 0 radical (unpaired) electrons. The molecule has 23 heavy (non-hydrogen) atoms. The molecular weight excluding hydrogens is 362 g/mol. The predicted molar refractivity (Wildman–Crippen MR) is 92.0 cm³/mol. The van der Waals surface area contributed by atoms with Gasteiger partial charge in [0.1, 0.15) is 0 Å². The normalized spacial score (nSPS) is 16.7. The minimum absolute atomic E-state index is 0.0924. The van der Waals surface area contributed by atoms with Crippen molar-refractivity contribution in [2.24, 2.45) is 11.7 Å². The van der Waals surface area contributed by atoms with Gasteiger partial charge >= 0.3 is 0 Å². The van der Waals surface area contributed by atoms with Crippen molar-refractivity contribution in [1.29, 1.82) is 0 Å². The number of hydrogen-bond donors (Lipinski definition) is 3. The van der Waals surface area contributed by atoms with Gasteiger partial charge < -0.3 is 21.1 Å². The molecule has 1 heterocycles. The van der Waals surface area contributed by atoms with Gasteiger partial charge in [0.15, 0.2) is 0 Å². The monoisotopic (exact) mass is 383 g/mol. The van der Waals surface area contributed by atoms with Crippen LogP contribution >= 0.6 is 15.9 Å². The van der Waals surface area contributed by atoms with Gasteiger partial charge in [-0.25, -0.2) is 0 Å². The molecule has 2 rings (SSSR count). The zero-order valence-corrected chi connectivity index (χ0v) is 14.7. The zero-order chi connectivity index (χ0) is 16.8. The molecule has 6 nitrogen and oxygen atoms in total. The Kier molecular flexibility index (Phi) is 6.56. The van der Waals surface area contributed by atoms with E-state index in [1.54, 1.807) is 6.07 Å². The minimum atomic E-state index is -0.596. The summed E-state index contributed by atoms with van der Waals surface area (Å²) in [7, 11) is 0. The third kappa shape index (κ3) is 5.30. The first-order valence-corrected chi connectivity index (χ1v) is 8.43. The van der Waals surface area contributed by atoms with Gasteiger partial charge in [-0.15, -0.1) is 0 Å². The lowest BCUT2D eigenvalue weighted by Crippen LogP contribution is -2.48. The fraction of sp³-hybridized carbons (Fsp3) is 0.500. The van der Waals surface area contributed by atoms with Gasteiger partial charge in [0.25, 0.3) is 0 Å². The average molecular weight is 384 g/mol. The topological polar surface area (TPSA) is 93.5 Å². The van der Waals surface area contributed by atoms with E-state index in [0.29, 0.717) is 18.9 Å². The first-order chi connectivity index (χ1) is 11.0. The number of amides is 2. The number of nitrogens with one attached hydrogen (secondary N) is 2. The van der Waals surface area contributed by atoms with Crippen molar-refractivity contribution in [3.63, 3.8) is 0 Å². The Morgan fingerprint density at radius 3 is 2.74 bits per heavy atom. The molecule has 0 spiro atoms. The van der Waals surface area contributed by atoms with Crippen LogP contribution in [-0.2, 0) is 14.3 Å². The molecule has 1 aliphatic rings. The number of benzene rings is 1. The van der Waals surface area contributed by atoms with Gasteiger partial charge in [0.2, 0.25) is 11.8 Å². The Bertz CT molecular complexity index is 574. The van der Waals surface area contributed by atoms with Gasteiger partial charge in [0.05, 0.1) is 12.6 Å². The fourth-order valence-corrected chi connectivity index (χ4v) is 2.75. The summed E-state index contributed by atoms with van der Waals surface area (Å²) in [6.45, 7) is 3.11. The zero-order valence-electron chi connectivity index (χ0n) is 13.1. The minimum Gasteiger partial charge on any atom is -0.381 e. The highest BCUT2D eigenvalue weighted by molar-refractivity contribution is 9.10. The van der Waals surface area contributed by atoms with Crippen molar-refractivity contribution in [3.05, 3.63) is 28.2 Å². The number of ether oxygens (including phenoxy) is 1. The molecule has 1 aliphatic heterocycles. The Morgan fingerprint density at radius 2 is 2.09 bits per heavy atom. The van der Waals surface area contributed by atoms with Gasteiger partial charge in [-0.05, 0) is 49.4 Å². The third-order valence-corrected chi connectivity index (χ3v) is 4.83. The summed E-state index contributed by atoms with van der Waals surface area (Å²) >= 11 is 3.41. The van der Waals surface area contributed by atoms with Crippen molar-refractivity contribution >= 4 is 33.4 Å².